The first-order chi connectivity index (χ1) is 15.8. The third kappa shape index (κ3) is 3.86. The van der Waals surface area contributed by atoms with Gasteiger partial charge in [0, 0.05) is 24.3 Å². The first-order valence-corrected chi connectivity index (χ1v) is 11.4. The Labute approximate surface area is 191 Å². The van der Waals surface area contributed by atoms with Gasteiger partial charge in [0.25, 0.3) is 0 Å². The minimum atomic E-state index is -1.06. The van der Waals surface area contributed by atoms with E-state index < -0.39 is 17.8 Å². The molecule has 2 fully saturated rings. The molecule has 5 rings (SSSR count). The van der Waals surface area contributed by atoms with Gasteiger partial charge in [0.2, 0.25) is 5.88 Å². The monoisotopic (exact) mass is 450 g/mol. The van der Waals surface area contributed by atoms with Gasteiger partial charge in [-0.2, -0.15) is 0 Å². The number of benzene rings is 2. The number of carbonyl (C=O) groups is 1. The molecule has 33 heavy (non-hydrogen) atoms. The number of para-hydroxylation sites is 1. The standard InChI is InChI=1S/C26H27FN2O4/c1-15-22(30)20-14-17(27)13-19(16(2)28-21-6-4-3-5-18(21)25(31)32)23(20)33-24(15)29-11-9-26(7-8-26)10-12-29/h3-6,13-14,16,28H,7-12H2,1-2H3,(H,31,32)/t16-/m0/s1. The Kier molecular flexibility index (Phi) is 5.15. The minimum absolute atomic E-state index is 0.116. The van der Waals surface area contributed by atoms with Crippen molar-refractivity contribution in [3.8, 4) is 0 Å². The van der Waals surface area contributed by atoms with Crippen molar-refractivity contribution in [1.82, 2.24) is 0 Å². The summed E-state index contributed by atoms with van der Waals surface area (Å²) in [4.78, 5) is 26.9. The zero-order valence-electron chi connectivity index (χ0n) is 18.8. The molecule has 6 nitrogen and oxygen atoms in total. The normalized spacial score (nSPS) is 17.8. The van der Waals surface area contributed by atoms with Crippen LogP contribution in [0.25, 0.3) is 11.0 Å². The number of rotatable bonds is 5. The number of hydrogen-bond acceptors (Lipinski definition) is 5. The summed E-state index contributed by atoms with van der Waals surface area (Å²) in [6, 6.07) is 8.61. The molecule has 1 aliphatic heterocycles. The second kappa shape index (κ2) is 7.90. The van der Waals surface area contributed by atoms with Crippen LogP contribution in [0.1, 0.15) is 60.1 Å². The van der Waals surface area contributed by atoms with E-state index in [-0.39, 0.29) is 16.4 Å². The fraction of sp³-hybridized carbons (Fsp3) is 0.385. The number of halogens is 1. The van der Waals surface area contributed by atoms with Crippen LogP contribution in [0.15, 0.2) is 45.6 Å². The summed E-state index contributed by atoms with van der Waals surface area (Å²) in [5, 5.41) is 12.8. The summed E-state index contributed by atoms with van der Waals surface area (Å²) in [5.41, 5.74) is 2.08. The van der Waals surface area contributed by atoms with Gasteiger partial charge in [0.1, 0.15) is 11.4 Å². The molecule has 2 aromatic carbocycles. The van der Waals surface area contributed by atoms with Crippen molar-refractivity contribution in [3.05, 3.63) is 69.1 Å². The first kappa shape index (κ1) is 21.5. The van der Waals surface area contributed by atoms with Crippen molar-refractivity contribution in [3.63, 3.8) is 0 Å². The van der Waals surface area contributed by atoms with Crippen LogP contribution in [-0.2, 0) is 0 Å². The highest BCUT2D eigenvalue weighted by Crippen LogP contribution is 2.54. The van der Waals surface area contributed by atoms with Crippen LogP contribution in [0.2, 0.25) is 0 Å². The van der Waals surface area contributed by atoms with Crippen LogP contribution in [0, 0.1) is 18.2 Å². The molecule has 2 aliphatic rings. The van der Waals surface area contributed by atoms with Crippen LogP contribution in [0.5, 0.6) is 0 Å². The van der Waals surface area contributed by atoms with Crippen molar-refractivity contribution in [2.75, 3.05) is 23.3 Å². The lowest BCUT2D eigenvalue weighted by Gasteiger charge is -2.33. The van der Waals surface area contributed by atoms with Crippen LogP contribution >= 0.6 is 0 Å². The van der Waals surface area contributed by atoms with Crippen molar-refractivity contribution < 1.29 is 18.7 Å². The van der Waals surface area contributed by atoms with Crippen LogP contribution < -0.4 is 15.6 Å². The molecule has 7 heteroatoms. The average Bonchev–Trinajstić information content (AvgIpc) is 3.55. The van der Waals surface area contributed by atoms with Gasteiger partial charge in [-0.3, -0.25) is 4.79 Å². The topological polar surface area (TPSA) is 82.8 Å². The fourth-order valence-corrected chi connectivity index (χ4v) is 4.96. The number of aromatic carboxylic acids is 1. The molecule has 1 saturated carbocycles. The van der Waals surface area contributed by atoms with Crippen molar-refractivity contribution in [2.24, 2.45) is 5.41 Å². The van der Waals surface area contributed by atoms with Gasteiger partial charge >= 0.3 is 5.97 Å². The highest BCUT2D eigenvalue weighted by molar-refractivity contribution is 5.94. The predicted octanol–water partition coefficient (Wildman–Crippen LogP) is 5.49. The fourth-order valence-electron chi connectivity index (χ4n) is 4.96. The Morgan fingerprint density at radius 1 is 1.18 bits per heavy atom. The van der Waals surface area contributed by atoms with E-state index in [1.807, 2.05) is 0 Å². The molecule has 0 unspecified atom stereocenters. The van der Waals surface area contributed by atoms with Crippen LogP contribution in [0.3, 0.4) is 0 Å². The lowest BCUT2D eigenvalue weighted by atomic mass is 9.93. The molecule has 172 valence electrons. The molecular weight excluding hydrogens is 423 g/mol. The van der Waals surface area contributed by atoms with Gasteiger partial charge in [-0.1, -0.05) is 12.1 Å². The van der Waals surface area contributed by atoms with E-state index in [0.717, 1.165) is 25.9 Å². The highest BCUT2D eigenvalue weighted by atomic mass is 19.1. The summed E-state index contributed by atoms with van der Waals surface area (Å²) < 4.78 is 20.9. The highest BCUT2D eigenvalue weighted by Gasteiger charge is 2.45. The maximum absolute atomic E-state index is 14.6. The summed E-state index contributed by atoms with van der Waals surface area (Å²) in [5.74, 6) is -1.04. The minimum Gasteiger partial charge on any atom is -0.478 e. The van der Waals surface area contributed by atoms with Crippen LogP contribution in [-0.4, -0.2) is 24.2 Å². The molecule has 3 aromatic rings. The molecule has 0 bridgehead atoms. The molecule has 0 amide bonds. The Hall–Kier alpha value is -3.35. The third-order valence-electron chi connectivity index (χ3n) is 7.25. The number of nitrogens with one attached hydrogen (secondary N) is 1. The molecule has 1 atom stereocenters. The zero-order chi connectivity index (χ0) is 23.3. The van der Waals surface area contributed by atoms with Gasteiger partial charge in [-0.25, -0.2) is 9.18 Å². The second-order valence-electron chi connectivity index (χ2n) is 9.44. The number of carboxylic acids is 1. The predicted molar refractivity (Wildman–Crippen MR) is 126 cm³/mol. The number of hydrogen-bond donors (Lipinski definition) is 2. The largest absolute Gasteiger partial charge is 0.478 e. The van der Waals surface area contributed by atoms with Crippen LogP contribution in [0.4, 0.5) is 16.0 Å². The Bertz CT molecular complexity index is 1300. The zero-order valence-corrected chi connectivity index (χ0v) is 18.8. The first-order valence-electron chi connectivity index (χ1n) is 11.4. The molecule has 0 radical (unpaired) electrons. The molecule has 2 N–H and O–H groups in total. The Morgan fingerprint density at radius 2 is 1.88 bits per heavy atom. The van der Waals surface area contributed by atoms with Gasteiger partial charge in [-0.15, -0.1) is 0 Å². The van der Waals surface area contributed by atoms with E-state index >= 15 is 0 Å². The summed E-state index contributed by atoms with van der Waals surface area (Å²) in [6.07, 6.45) is 4.75. The van der Waals surface area contributed by atoms with Crippen molar-refractivity contribution >= 4 is 28.5 Å². The number of nitrogens with zero attached hydrogens (tertiary/aromatic N) is 1. The Morgan fingerprint density at radius 3 is 2.55 bits per heavy atom. The Balaban J connectivity index is 1.56. The SMILES string of the molecule is Cc1c(N2CCC3(CC2)CC3)oc2c([C@H](C)Nc3ccccc3C(=O)O)cc(F)cc2c1=O. The summed E-state index contributed by atoms with van der Waals surface area (Å²) in [7, 11) is 0. The number of piperidine rings is 1. The number of carboxylic acid groups (broad SMARTS) is 1. The smallest absolute Gasteiger partial charge is 0.337 e. The van der Waals surface area contributed by atoms with E-state index in [9.17, 15) is 19.1 Å². The lowest BCUT2D eigenvalue weighted by molar-refractivity contribution is 0.0698. The lowest BCUT2D eigenvalue weighted by Crippen LogP contribution is -2.35. The molecule has 1 aliphatic carbocycles. The van der Waals surface area contributed by atoms with E-state index in [1.54, 1.807) is 32.0 Å². The molecule has 1 spiro atoms. The molecular formula is C26H27FN2O4. The average molecular weight is 451 g/mol. The van der Waals surface area contributed by atoms with E-state index in [0.29, 0.717) is 33.7 Å². The summed E-state index contributed by atoms with van der Waals surface area (Å²) in [6.45, 7) is 5.21. The maximum atomic E-state index is 14.6. The molecule has 1 aromatic heterocycles. The third-order valence-corrected chi connectivity index (χ3v) is 7.25. The molecule has 1 saturated heterocycles. The number of anilines is 2. The van der Waals surface area contributed by atoms with Gasteiger partial charge in [-0.05, 0) is 69.2 Å². The van der Waals surface area contributed by atoms with Crippen molar-refractivity contribution in [1.29, 1.82) is 0 Å². The summed E-state index contributed by atoms with van der Waals surface area (Å²) >= 11 is 0. The quantitative estimate of drug-likeness (QED) is 0.535. The second-order valence-corrected chi connectivity index (χ2v) is 9.44. The van der Waals surface area contributed by atoms with E-state index in [1.165, 1.54) is 31.0 Å². The van der Waals surface area contributed by atoms with Gasteiger partial charge in [0.05, 0.1) is 22.6 Å². The molecule has 2 heterocycles. The van der Waals surface area contributed by atoms with Crippen molar-refractivity contribution in [2.45, 2.75) is 45.6 Å². The van der Waals surface area contributed by atoms with Gasteiger partial charge < -0.3 is 19.7 Å². The number of fused-ring (bicyclic) bond motifs is 1. The van der Waals surface area contributed by atoms with E-state index in [4.69, 9.17) is 4.42 Å². The van der Waals surface area contributed by atoms with Gasteiger partial charge in [0.15, 0.2) is 5.43 Å². The van der Waals surface area contributed by atoms with E-state index in [2.05, 4.69) is 10.2 Å². The maximum Gasteiger partial charge on any atom is 0.337 e.